The fourth-order valence-corrected chi connectivity index (χ4v) is 23.1. The molecule has 0 bridgehead atoms. The Morgan fingerprint density at radius 3 is 1.04 bits per heavy atom. The first-order valence-electron chi connectivity index (χ1n) is 47.5. The zero-order chi connectivity index (χ0) is 89.0. The van der Waals surface area contributed by atoms with Crippen LogP contribution >= 0.6 is 0 Å². The quantitative estimate of drug-likeness (QED) is 0.119. The van der Waals surface area contributed by atoms with Crippen LogP contribution in [0.1, 0.15) is 122 Å². The normalized spacial score (nSPS) is 12.5. The summed E-state index contributed by atoms with van der Waals surface area (Å²) < 4.78 is 0. The molecule has 0 saturated heterocycles. The molecular weight excluding hydrogens is 2070 g/mol. The number of rotatable bonds is 5. The van der Waals surface area contributed by atoms with Gasteiger partial charge in [-0.3, -0.25) is 0 Å². The van der Waals surface area contributed by atoms with E-state index in [1.165, 1.54) is 232 Å². The van der Waals surface area contributed by atoms with Crippen molar-refractivity contribution in [2.75, 3.05) is 0 Å². The molecule has 22 aromatic carbocycles. The minimum absolute atomic E-state index is 0. The van der Waals surface area contributed by atoms with Gasteiger partial charge in [0, 0.05) is 164 Å². The smallest absolute Gasteiger partial charge is 0 e. The van der Waals surface area contributed by atoms with Crippen LogP contribution in [-0.2, 0) is 234 Å². The van der Waals surface area contributed by atoms with Crippen molar-refractivity contribution in [3.05, 3.63) is 571 Å². The van der Waals surface area contributed by atoms with Gasteiger partial charge in [0.1, 0.15) is 0 Å². The zero-order valence-corrected chi connectivity index (χ0v) is 91.8. The monoisotopic (exact) mass is 2150 g/mol. The molecule has 0 N–H and O–H groups in total. The van der Waals surface area contributed by atoms with Crippen molar-refractivity contribution in [3.8, 4) is 111 Å². The molecule has 8 aliphatic carbocycles. The summed E-state index contributed by atoms with van der Waals surface area (Å²) in [6.45, 7) is 0. The summed E-state index contributed by atoms with van der Waals surface area (Å²) in [6, 6.07) is 174. The Labute approximate surface area is 947 Å². The number of hydrogen-bond donors (Lipinski definition) is 0. The topological polar surface area (TPSA) is 0 Å². The van der Waals surface area contributed by atoms with Gasteiger partial charge in [0.15, 0.2) is 0 Å². The average Bonchev–Trinajstić information content (AvgIpc) is 1.58. The molecule has 0 nitrogen and oxygen atoms in total. The maximum Gasteiger partial charge on any atom is 0 e. The molecule has 8 aliphatic rings. The Hall–Kier alpha value is -10.6. The van der Waals surface area contributed by atoms with E-state index in [1.807, 2.05) is 60.7 Å². The van der Waals surface area contributed by atoms with Crippen molar-refractivity contribution < 1.29 is 164 Å². The van der Waals surface area contributed by atoms with E-state index >= 15 is 0 Å². The van der Waals surface area contributed by atoms with Crippen LogP contribution in [0.5, 0.6) is 0 Å². The summed E-state index contributed by atoms with van der Waals surface area (Å²) >= 11 is 0. The molecule has 5 radical (unpaired) electrons. The second kappa shape index (κ2) is 41.4. The van der Waals surface area contributed by atoms with Crippen molar-refractivity contribution in [2.24, 2.45) is 0 Å². The molecule has 651 valence electrons. The molecular formula is C135H86Y5-10. The van der Waals surface area contributed by atoms with Crippen LogP contribution in [-0.4, -0.2) is 0 Å². The standard InChI is InChI=1S/C27H18.C27H16.2C27H18.C27H16.5Y/c1-2-7-18(8-3-1)23-12-6-10-20-15-21-13-14-22-16-19-9-4-5-11-24(19)27(22)26(21)17-25(20)23;1-2-7-18(8-3-1)23-11-6-12-24-26(23)17-22-14-13-21-15-19-9-4-5-10-20(19)16-25(21)27(22)24;1-2-6-18(7-3-1)19-10-11-20-14-22-12-13-23-16-21-8-4-5-9-25(21)27(23)26(22)17-24(20)15-19;1-2-6-18(7-3-1)19-10-11-20-17-26-22(16-24(20)14-19)12-13-23-15-21-8-4-5-9-25(21)27(23)26;1-2-6-18(7-3-1)21-12-13-25-24(15-21)16-23-11-10-22-14-19-8-4-5-9-20(19)17-26(22)27(23)25;;;;;/h1-7,9-11,13-14H,15-17H2;1-7,9-10,12-16H,17H2;1-6,8-13H,14,16-17H2;1-6,8-9,11-14H,15-17H2;1-6,8-14,17H,16H2;;;;;/q5*-2;;;;;. The molecule has 0 aliphatic heterocycles. The van der Waals surface area contributed by atoms with E-state index < -0.39 is 0 Å². The van der Waals surface area contributed by atoms with Crippen molar-refractivity contribution in [2.45, 2.75) is 70.6 Å². The molecule has 140 heavy (non-hydrogen) atoms. The van der Waals surface area contributed by atoms with E-state index in [1.54, 1.807) is 0 Å². The fourth-order valence-electron chi connectivity index (χ4n) is 23.1. The maximum absolute atomic E-state index is 3.71. The molecule has 0 aromatic heterocycles. The Morgan fingerprint density at radius 2 is 0.521 bits per heavy atom. The van der Waals surface area contributed by atoms with Crippen LogP contribution in [0.4, 0.5) is 0 Å². The van der Waals surface area contributed by atoms with Gasteiger partial charge in [-0.05, 0) is 260 Å². The summed E-state index contributed by atoms with van der Waals surface area (Å²) in [4.78, 5) is 0. The third kappa shape index (κ3) is 18.0. The molecule has 0 fully saturated rings. The van der Waals surface area contributed by atoms with Gasteiger partial charge in [0.25, 0.3) is 0 Å². The Balaban J connectivity index is 0.000000103. The van der Waals surface area contributed by atoms with Crippen molar-refractivity contribution in [1.29, 1.82) is 0 Å². The van der Waals surface area contributed by atoms with E-state index in [4.69, 9.17) is 0 Å². The van der Waals surface area contributed by atoms with E-state index in [0.717, 1.165) is 115 Å². The average molecular weight is 2150 g/mol. The van der Waals surface area contributed by atoms with E-state index in [9.17, 15) is 0 Å². The predicted molar refractivity (Wildman–Crippen MR) is 555 cm³/mol. The molecule has 0 amide bonds. The number of fused-ring (bicyclic) bond motifs is 30. The minimum atomic E-state index is 0. The van der Waals surface area contributed by atoms with Gasteiger partial charge in [0.05, 0.1) is 0 Å². The largest absolute Gasteiger partial charge is 0.226 e. The van der Waals surface area contributed by atoms with Gasteiger partial charge in [-0.2, -0.15) is 205 Å². The second-order valence-corrected chi connectivity index (χ2v) is 37.2. The van der Waals surface area contributed by atoms with Gasteiger partial charge in [-0.15, -0.1) is 87.5 Å². The summed E-state index contributed by atoms with van der Waals surface area (Å²) in [5.74, 6) is 0. The summed E-state index contributed by atoms with van der Waals surface area (Å²) in [5, 5.41) is 10.5. The summed E-state index contributed by atoms with van der Waals surface area (Å²) in [5.41, 5.74) is 57.4. The van der Waals surface area contributed by atoms with Crippen LogP contribution < -0.4 is 0 Å². The van der Waals surface area contributed by atoms with Crippen LogP contribution in [0, 0.1) is 60.7 Å². The maximum atomic E-state index is 3.71. The number of benzene rings is 22. The van der Waals surface area contributed by atoms with Gasteiger partial charge >= 0.3 is 0 Å². The first-order valence-corrected chi connectivity index (χ1v) is 47.5. The van der Waals surface area contributed by atoms with Crippen molar-refractivity contribution in [1.82, 2.24) is 0 Å². The first kappa shape index (κ1) is 95.6. The fraction of sp³-hybridized carbons (Fsp3) is 0.0815. The van der Waals surface area contributed by atoms with E-state index in [-0.39, 0.29) is 164 Å². The van der Waals surface area contributed by atoms with Gasteiger partial charge in [0.2, 0.25) is 0 Å². The van der Waals surface area contributed by atoms with Gasteiger partial charge in [-0.25, -0.2) is 55.6 Å². The van der Waals surface area contributed by atoms with Gasteiger partial charge in [-0.1, -0.05) is 188 Å². The van der Waals surface area contributed by atoms with Crippen LogP contribution in [0.25, 0.3) is 154 Å². The Kier molecular flexibility index (Phi) is 28.3. The van der Waals surface area contributed by atoms with Crippen molar-refractivity contribution in [3.63, 3.8) is 0 Å². The van der Waals surface area contributed by atoms with Crippen LogP contribution in [0.15, 0.2) is 388 Å². The predicted octanol–water partition coefficient (Wildman–Crippen LogP) is 31.7. The van der Waals surface area contributed by atoms with Gasteiger partial charge < -0.3 is 0 Å². The molecule has 0 atom stereocenters. The molecule has 0 saturated carbocycles. The van der Waals surface area contributed by atoms with Crippen LogP contribution in [0.2, 0.25) is 0 Å². The summed E-state index contributed by atoms with van der Waals surface area (Å²) in [7, 11) is 0. The molecule has 0 unspecified atom stereocenters. The SMILES string of the molecule is [Y].[Y].[Y].[Y].[Y].[c-]1ccccc1-c1[c-]c2c(cc1)-c1c(ccc3cc4ccccc4cc13)C2.[c-]1ccccc1-c1[c-]c2c(cc1)Cc1ccc3c(c1C2)-c1ccccc1C3.[c-]1ccccc1-c1[c-]cc2c(c1)Cc1ccc3c(c1C2)-c1ccccc1C3.[c-]1ccccc1-c1[c-]ccc2c1Cc1c(ccc3c1-c1ccccc1C3)C2.[c-]1ccccc1-c1[c-]ccc2c1Cc1ccc3cc4ccccc4cc3c1-2. The second-order valence-electron chi connectivity index (χ2n) is 37.2. The third-order valence-electron chi connectivity index (χ3n) is 29.5. The molecule has 0 heterocycles. The minimum Gasteiger partial charge on any atom is -0.226 e. The molecule has 30 rings (SSSR count). The van der Waals surface area contributed by atoms with E-state index in [0.29, 0.717) is 0 Å². The van der Waals surface area contributed by atoms with E-state index in [2.05, 4.69) is 388 Å². The Morgan fingerprint density at radius 1 is 0.157 bits per heavy atom. The zero-order valence-electron chi connectivity index (χ0n) is 77.6. The first-order chi connectivity index (χ1) is 66.9. The van der Waals surface area contributed by atoms with Crippen LogP contribution in [0.3, 0.4) is 0 Å². The molecule has 0 spiro atoms. The van der Waals surface area contributed by atoms with Crippen molar-refractivity contribution >= 4 is 43.1 Å². The Bertz CT molecular complexity index is 8540. The molecule has 5 heteroatoms. The molecule has 22 aromatic rings. The number of hydrogen-bond acceptors (Lipinski definition) is 0. The third-order valence-corrected chi connectivity index (χ3v) is 29.5. The summed E-state index contributed by atoms with van der Waals surface area (Å²) in [6.07, 6.45) is 11.1.